The number of pyridine rings is 1. The SMILES string of the molecule is CCCNc1c(Br)ccc2ncc3c([nH]c(=O)n3C)c12. The maximum absolute atomic E-state index is 11.8. The number of rotatable bonds is 3. The molecule has 0 radical (unpaired) electrons. The van der Waals surface area contributed by atoms with E-state index in [9.17, 15) is 4.79 Å². The Morgan fingerprint density at radius 2 is 2.25 bits per heavy atom. The van der Waals surface area contributed by atoms with Crippen molar-refractivity contribution >= 4 is 43.6 Å². The smallest absolute Gasteiger partial charge is 0.326 e. The molecule has 0 aliphatic rings. The summed E-state index contributed by atoms with van der Waals surface area (Å²) < 4.78 is 2.55. The number of imidazole rings is 1. The summed E-state index contributed by atoms with van der Waals surface area (Å²) in [6.45, 7) is 2.98. The van der Waals surface area contributed by atoms with E-state index in [0.717, 1.165) is 45.1 Å². The molecule has 0 aliphatic carbocycles. The van der Waals surface area contributed by atoms with Gasteiger partial charge in [0.05, 0.1) is 33.8 Å². The summed E-state index contributed by atoms with van der Waals surface area (Å²) in [7, 11) is 1.74. The molecule has 0 bridgehead atoms. The van der Waals surface area contributed by atoms with E-state index in [-0.39, 0.29) is 5.69 Å². The van der Waals surface area contributed by atoms with Gasteiger partial charge in [-0.25, -0.2) is 4.79 Å². The van der Waals surface area contributed by atoms with Crippen molar-refractivity contribution in [3.05, 3.63) is 33.3 Å². The summed E-state index contributed by atoms with van der Waals surface area (Å²) in [5.41, 5.74) is 3.34. The van der Waals surface area contributed by atoms with Gasteiger partial charge in [0.15, 0.2) is 0 Å². The van der Waals surface area contributed by atoms with Crippen molar-refractivity contribution in [1.82, 2.24) is 14.5 Å². The minimum atomic E-state index is -0.129. The summed E-state index contributed by atoms with van der Waals surface area (Å²) >= 11 is 3.57. The molecule has 0 spiro atoms. The van der Waals surface area contributed by atoms with Crippen LogP contribution >= 0.6 is 15.9 Å². The number of hydrogen-bond donors (Lipinski definition) is 2. The number of aromatic nitrogens is 3. The van der Waals surface area contributed by atoms with E-state index < -0.39 is 0 Å². The predicted molar refractivity (Wildman–Crippen MR) is 85.3 cm³/mol. The summed E-state index contributed by atoms with van der Waals surface area (Å²) in [5, 5.41) is 4.36. The standard InChI is InChI=1S/C14H15BrN4O/c1-3-6-16-12-8(15)4-5-9-11(12)13-10(7-17-9)19(2)14(20)18-13/h4-5,7,16H,3,6H2,1-2H3,(H,18,20). The first-order valence-electron chi connectivity index (χ1n) is 6.53. The molecular formula is C14H15BrN4O. The van der Waals surface area contributed by atoms with Crippen molar-refractivity contribution in [3.63, 3.8) is 0 Å². The van der Waals surface area contributed by atoms with Crippen LogP contribution in [-0.4, -0.2) is 21.1 Å². The molecule has 0 fully saturated rings. The summed E-state index contributed by atoms with van der Waals surface area (Å²) in [4.78, 5) is 19.2. The van der Waals surface area contributed by atoms with Gasteiger partial charge < -0.3 is 10.3 Å². The number of aryl methyl sites for hydroxylation is 1. The minimum Gasteiger partial charge on any atom is -0.384 e. The number of anilines is 1. The van der Waals surface area contributed by atoms with Crippen LogP contribution in [0, 0.1) is 0 Å². The Labute approximate surface area is 124 Å². The number of halogens is 1. The molecule has 2 heterocycles. The third kappa shape index (κ3) is 1.91. The Morgan fingerprint density at radius 1 is 1.45 bits per heavy atom. The quantitative estimate of drug-likeness (QED) is 0.773. The highest BCUT2D eigenvalue weighted by molar-refractivity contribution is 9.10. The maximum atomic E-state index is 11.8. The molecule has 1 aromatic carbocycles. The van der Waals surface area contributed by atoms with E-state index in [0.29, 0.717) is 0 Å². The molecule has 2 N–H and O–H groups in total. The molecular weight excluding hydrogens is 320 g/mol. The van der Waals surface area contributed by atoms with Gasteiger partial charge in [-0.2, -0.15) is 0 Å². The highest BCUT2D eigenvalue weighted by Gasteiger charge is 2.13. The van der Waals surface area contributed by atoms with Gasteiger partial charge in [-0.3, -0.25) is 9.55 Å². The Morgan fingerprint density at radius 3 is 3.00 bits per heavy atom. The van der Waals surface area contributed by atoms with Crippen molar-refractivity contribution < 1.29 is 0 Å². The first kappa shape index (κ1) is 13.2. The summed E-state index contributed by atoms with van der Waals surface area (Å²) in [5.74, 6) is 0. The fourth-order valence-electron chi connectivity index (χ4n) is 2.35. The third-order valence-corrected chi connectivity index (χ3v) is 4.08. The van der Waals surface area contributed by atoms with Gasteiger partial charge in [-0.05, 0) is 34.5 Å². The van der Waals surface area contributed by atoms with Gasteiger partial charge in [0.25, 0.3) is 0 Å². The topological polar surface area (TPSA) is 62.7 Å². The van der Waals surface area contributed by atoms with E-state index >= 15 is 0 Å². The first-order valence-corrected chi connectivity index (χ1v) is 7.32. The largest absolute Gasteiger partial charge is 0.384 e. The zero-order chi connectivity index (χ0) is 14.3. The van der Waals surface area contributed by atoms with Gasteiger partial charge in [0.2, 0.25) is 0 Å². The molecule has 0 aliphatic heterocycles. The molecule has 3 aromatic rings. The molecule has 3 rings (SSSR count). The second kappa shape index (κ2) is 4.94. The van der Waals surface area contributed by atoms with Crippen molar-refractivity contribution in [2.24, 2.45) is 7.05 Å². The van der Waals surface area contributed by atoms with Crippen molar-refractivity contribution in [1.29, 1.82) is 0 Å². The highest BCUT2D eigenvalue weighted by Crippen LogP contribution is 2.34. The van der Waals surface area contributed by atoms with Crippen LogP contribution in [0.15, 0.2) is 27.6 Å². The van der Waals surface area contributed by atoms with Crippen LogP contribution < -0.4 is 11.0 Å². The lowest BCUT2D eigenvalue weighted by Crippen LogP contribution is -2.11. The number of hydrogen-bond acceptors (Lipinski definition) is 3. The molecule has 5 nitrogen and oxygen atoms in total. The van der Waals surface area contributed by atoms with Crippen molar-refractivity contribution in [3.8, 4) is 0 Å². The van der Waals surface area contributed by atoms with E-state index in [1.165, 1.54) is 0 Å². The van der Waals surface area contributed by atoms with Crippen LogP contribution in [0.2, 0.25) is 0 Å². The van der Waals surface area contributed by atoms with E-state index in [4.69, 9.17) is 0 Å². The van der Waals surface area contributed by atoms with Gasteiger partial charge >= 0.3 is 5.69 Å². The van der Waals surface area contributed by atoms with Crippen LogP contribution in [-0.2, 0) is 7.05 Å². The average Bonchev–Trinajstić information content (AvgIpc) is 2.73. The molecule has 104 valence electrons. The lowest BCUT2D eigenvalue weighted by Gasteiger charge is -2.11. The lowest BCUT2D eigenvalue weighted by atomic mass is 10.1. The number of aromatic amines is 1. The number of benzene rings is 1. The summed E-state index contributed by atoms with van der Waals surface area (Å²) in [6, 6.07) is 3.92. The van der Waals surface area contributed by atoms with E-state index in [2.05, 4.69) is 38.1 Å². The molecule has 6 heteroatoms. The highest BCUT2D eigenvalue weighted by atomic mass is 79.9. The normalized spacial score (nSPS) is 11.3. The molecule has 0 amide bonds. The minimum absolute atomic E-state index is 0.129. The van der Waals surface area contributed by atoms with Crippen molar-refractivity contribution in [2.75, 3.05) is 11.9 Å². The fourth-order valence-corrected chi connectivity index (χ4v) is 2.82. The van der Waals surface area contributed by atoms with Crippen LogP contribution in [0.1, 0.15) is 13.3 Å². The first-order chi connectivity index (χ1) is 9.63. The number of nitrogens with zero attached hydrogens (tertiary/aromatic N) is 2. The Balaban J connectivity index is 2.43. The van der Waals surface area contributed by atoms with Crippen LogP contribution in [0.4, 0.5) is 5.69 Å². The van der Waals surface area contributed by atoms with Crippen LogP contribution in [0.3, 0.4) is 0 Å². The zero-order valence-electron chi connectivity index (χ0n) is 11.3. The lowest BCUT2D eigenvalue weighted by molar-refractivity contribution is 0.890. The Kier molecular flexibility index (Phi) is 3.25. The molecule has 0 saturated heterocycles. The molecule has 2 aromatic heterocycles. The van der Waals surface area contributed by atoms with Crippen LogP contribution in [0.25, 0.3) is 21.9 Å². The van der Waals surface area contributed by atoms with Gasteiger partial charge in [-0.15, -0.1) is 0 Å². The zero-order valence-corrected chi connectivity index (χ0v) is 12.9. The van der Waals surface area contributed by atoms with Gasteiger partial charge in [-0.1, -0.05) is 6.92 Å². The number of fused-ring (bicyclic) bond motifs is 3. The Bertz CT molecular complexity index is 850. The third-order valence-electron chi connectivity index (χ3n) is 3.41. The molecule has 0 saturated carbocycles. The van der Waals surface area contributed by atoms with Crippen molar-refractivity contribution in [2.45, 2.75) is 13.3 Å². The predicted octanol–water partition coefficient (Wildman–Crippen LogP) is 3.00. The average molecular weight is 335 g/mol. The van der Waals surface area contributed by atoms with Crippen LogP contribution in [0.5, 0.6) is 0 Å². The number of nitrogens with one attached hydrogen (secondary N) is 2. The second-order valence-corrected chi connectivity index (χ2v) is 5.61. The maximum Gasteiger partial charge on any atom is 0.326 e. The van der Waals surface area contributed by atoms with E-state index in [1.54, 1.807) is 17.8 Å². The second-order valence-electron chi connectivity index (χ2n) is 4.75. The van der Waals surface area contributed by atoms with Gasteiger partial charge in [0.1, 0.15) is 0 Å². The molecule has 0 atom stereocenters. The monoisotopic (exact) mass is 334 g/mol. The van der Waals surface area contributed by atoms with Gasteiger partial charge in [0, 0.05) is 18.1 Å². The van der Waals surface area contributed by atoms with E-state index in [1.807, 2.05) is 12.1 Å². The number of H-pyrrole nitrogens is 1. The molecule has 0 unspecified atom stereocenters. The Hall–Kier alpha value is -1.82. The summed E-state index contributed by atoms with van der Waals surface area (Å²) in [6.07, 6.45) is 2.75. The molecule has 20 heavy (non-hydrogen) atoms. The fraction of sp³-hybridized carbons (Fsp3) is 0.286.